The number of unbranched alkanes of at least 4 members (excludes halogenated alkanes) is 2. The minimum atomic E-state index is -0.215. The van der Waals surface area contributed by atoms with E-state index in [0.717, 1.165) is 12.8 Å². The van der Waals surface area contributed by atoms with Crippen LogP contribution in [0.1, 0.15) is 39.5 Å². The molecule has 0 aromatic carbocycles. The van der Waals surface area contributed by atoms with Gasteiger partial charge >= 0.3 is 0 Å². The van der Waals surface area contributed by atoms with Gasteiger partial charge in [-0.05, 0) is 13.3 Å². The fraction of sp³-hybridized carbons (Fsp3) is 0.833. The molecule has 0 amide bonds. The normalized spacial score (nSPS) is 33.5. The molecule has 0 aromatic heterocycles. The summed E-state index contributed by atoms with van der Waals surface area (Å²) in [4.78, 5) is 0. The van der Waals surface area contributed by atoms with Gasteiger partial charge in [-0.25, -0.2) is 0 Å². The predicted octanol–water partition coefficient (Wildman–Crippen LogP) is 2.52. The summed E-state index contributed by atoms with van der Waals surface area (Å²) in [6, 6.07) is 0. The van der Waals surface area contributed by atoms with E-state index in [9.17, 15) is 5.11 Å². The zero-order valence-corrected chi connectivity index (χ0v) is 9.28. The van der Waals surface area contributed by atoms with Crippen molar-refractivity contribution < 1.29 is 9.84 Å². The first-order valence-corrected chi connectivity index (χ1v) is 5.66. The number of aliphatic hydroxyl groups excluding tert-OH is 1. The van der Waals surface area contributed by atoms with Crippen LogP contribution >= 0.6 is 0 Å². The van der Waals surface area contributed by atoms with Gasteiger partial charge in [0, 0.05) is 5.92 Å². The van der Waals surface area contributed by atoms with Crippen LogP contribution in [0.25, 0.3) is 0 Å². The molecular weight excluding hydrogens is 176 g/mol. The molecule has 1 heterocycles. The Morgan fingerprint density at radius 3 is 2.71 bits per heavy atom. The highest BCUT2D eigenvalue weighted by Gasteiger charge is 2.41. The summed E-state index contributed by atoms with van der Waals surface area (Å²) in [5, 5.41) is 9.94. The van der Waals surface area contributed by atoms with Crippen molar-refractivity contribution in [3.63, 3.8) is 0 Å². The Kier molecular flexibility index (Phi) is 4.63. The average Bonchev–Trinajstić information content (AvgIpc) is 2.14. The zero-order chi connectivity index (χ0) is 10.6. The third-order valence-electron chi connectivity index (χ3n) is 3.07. The lowest BCUT2D eigenvalue weighted by molar-refractivity contribution is -0.188. The molecule has 1 rings (SSSR count). The third-order valence-corrected chi connectivity index (χ3v) is 3.07. The summed E-state index contributed by atoms with van der Waals surface area (Å²) in [5.74, 6) is 0.268. The standard InChI is InChI=1S/C12H22O2/c1-4-6-7-8-10(13)12-9(3)14-11(12)5-2/h5,9-13H,2,4,6-8H2,1,3H3/t9-,10?,11+,12?/m0/s1. The molecule has 0 aromatic rings. The molecule has 82 valence electrons. The number of hydrogen-bond donors (Lipinski definition) is 1. The Balaban J connectivity index is 2.28. The number of ether oxygens (including phenoxy) is 1. The molecule has 1 saturated heterocycles. The SMILES string of the molecule is C=C[C@H]1O[C@@H](C)C1C(O)CCCCC. The van der Waals surface area contributed by atoms with Crippen molar-refractivity contribution in [3.8, 4) is 0 Å². The second-order valence-electron chi connectivity index (χ2n) is 4.18. The minimum absolute atomic E-state index is 0.0710. The van der Waals surface area contributed by atoms with Gasteiger partial charge < -0.3 is 9.84 Å². The molecule has 0 spiro atoms. The summed E-state index contributed by atoms with van der Waals surface area (Å²) in [6.07, 6.45) is 6.27. The molecule has 2 nitrogen and oxygen atoms in total. The Bertz CT molecular complexity index is 179. The van der Waals surface area contributed by atoms with Crippen molar-refractivity contribution in [2.24, 2.45) is 5.92 Å². The minimum Gasteiger partial charge on any atom is -0.393 e. The lowest BCUT2D eigenvalue weighted by Crippen LogP contribution is -2.52. The van der Waals surface area contributed by atoms with Gasteiger partial charge in [0.25, 0.3) is 0 Å². The van der Waals surface area contributed by atoms with E-state index < -0.39 is 0 Å². The molecule has 0 saturated carbocycles. The predicted molar refractivity (Wildman–Crippen MR) is 58.2 cm³/mol. The van der Waals surface area contributed by atoms with Gasteiger partial charge in [-0.3, -0.25) is 0 Å². The molecule has 0 aliphatic carbocycles. The summed E-state index contributed by atoms with van der Waals surface area (Å²) >= 11 is 0. The van der Waals surface area contributed by atoms with E-state index in [1.54, 1.807) is 6.08 Å². The summed E-state index contributed by atoms with van der Waals surface area (Å²) in [5.41, 5.74) is 0. The molecule has 0 bridgehead atoms. The van der Waals surface area contributed by atoms with Crippen LogP contribution in [0.15, 0.2) is 12.7 Å². The highest BCUT2D eigenvalue weighted by molar-refractivity contribution is 4.99. The van der Waals surface area contributed by atoms with Crippen LogP contribution in [0.5, 0.6) is 0 Å². The van der Waals surface area contributed by atoms with Crippen LogP contribution in [-0.4, -0.2) is 23.4 Å². The van der Waals surface area contributed by atoms with Crippen molar-refractivity contribution in [1.29, 1.82) is 0 Å². The molecule has 4 atom stereocenters. The quantitative estimate of drug-likeness (QED) is 0.525. The van der Waals surface area contributed by atoms with Crippen molar-refractivity contribution >= 4 is 0 Å². The fourth-order valence-corrected chi connectivity index (χ4v) is 2.15. The molecule has 0 radical (unpaired) electrons. The topological polar surface area (TPSA) is 29.5 Å². The zero-order valence-electron chi connectivity index (χ0n) is 9.28. The monoisotopic (exact) mass is 198 g/mol. The van der Waals surface area contributed by atoms with E-state index in [4.69, 9.17) is 4.74 Å². The van der Waals surface area contributed by atoms with Crippen LogP contribution in [0.2, 0.25) is 0 Å². The summed E-state index contributed by atoms with van der Waals surface area (Å²) < 4.78 is 5.45. The van der Waals surface area contributed by atoms with E-state index in [2.05, 4.69) is 13.5 Å². The molecule has 1 fully saturated rings. The van der Waals surface area contributed by atoms with E-state index in [-0.39, 0.29) is 24.2 Å². The third kappa shape index (κ3) is 2.58. The Morgan fingerprint density at radius 2 is 2.21 bits per heavy atom. The highest BCUT2D eigenvalue weighted by atomic mass is 16.5. The van der Waals surface area contributed by atoms with E-state index >= 15 is 0 Å². The van der Waals surface area contributed by atoms with Crippen molar-refractivity contribution in [3.05, 3.63) is 12.7 Å². The van der Waals surface area contributed by atoms with E-state index in [0.29, 0.717) is 0 Å². The molecule has 2 unspecified atom stereocenters. The first kappa shape index (κ1) is 11.7. The lowest BCUT2D eigenvalue weighted by atomic mass is 9.83. The largest absolute Gasteiger partial charge is 0.393 e. The summed E-state index contributed by atoms with van der Waals surface area (Å²) in [6.45, 7) is 7.91. The van der Waals surface area contributed by atoms with Crippen molar-refractivity contribution in [2.45, 2.75) is 57.8 Å². The summed E-state index contributed by atoms with van der Waals surface area (Å²) in [7, 11) is 0. The van der Waals surface area contributed by atoms with Crippen LogP contribution in [0, 0.1) is 5.92 Å². The Morgan fingerprint density at radius 1 is 1.50 bits per heavy atom. The van der Waals surface area contributed by atoms with Crippen molar-refractivity contribution in [2.75, 3.05) is 0 Å². The Hall–Kier alpha value is -0.340. The van der Waals surface area contributed by atoms with Gasteiger partial charge in [-0.15, -0.1) is 6.58 Å². The smallest absolute Gasteiger partial charge is 0.0834 e. The maximum atomic E-state index is 9.94. The maximum absolute atomic E-state index is 9.94. The van der Waals surface area contributed by atoms with Crippen LogP contribution < -0.4 is 0 Å². The molecular formula is C12H22O2. The fourth-order valence-electron chi connectivity index (χ4n) is 2.15. The molecule has 1 N–H and O–H groups in total. The average molecular weight is 198 g/mol. The van der Waals surface area contributed by atoms with Crippen LogP contribution in [0.4, 0.5) is 0 Å². The van der Waals surface area contributed by atoms with Crippen LogP contribution in [0.3, 0.4) is 0 Å². The van der Waals surface area contributed by atoms with Gasteiger partial charge in [-0.2, -0.15) is 0 Å². The van der Waals surface area contributed by atoms with E-state index in [1.807, 2.05) is 6.92 Å². The van der Waals surface area contributed by atoms with Gasteiger partial charge in [0.05, 0.1) is 18.3 Å². The number of hydrogen-bond acceptors (Lipinski definition) is 2. The van der Waals surface area contributed by atoms with Gasteiger partial charge in [0.2, 0.25) is 0 Å². The molecule has 1 aliphatic heterocycles. The van der Waals surface area contributed by atoms with Gasteiger partial charge in [0.1, 0.15) is 0 Å². The van der Waals surface area contributed by atoms with Gasteiger partial charge in [0.15, 0.2) is 0 Å². The first-order chi connectivity index (χ1) is 6.70. The maximum Gasteiger partial charge on any atom is 0.0834 e. The lowest BCUT2D eigenvalue weighted by Gasteiger charge is -2.44. The first-order valence-electron chi connectivity index (χ1n) is 5.66. The number of aliphatic hydroxyl groups is 1. The second-order valence-corrected chi connectivity index (χ2v) is 4.18. The highest BCUT2D eigenvalue weighted by Crippen LogP contribution is 2.33. The van der Waals surface area contributed by atoms with Crippen molar-refractivity contribution in [1.82, 2.24) is 0 Å². The van der Waals surface area contributed by atoms with E-state index in [1.165, 1.54) is 12.8 Å². The van der Waals surface area contributed by atoms with Crippen LogP contribution in [-0.2, 0) is 4.74 Å². The Labute approximate surface area is 87.0 Å². The number of rotatable bonds is 6. The molecule has 1 aliphatic rings. The second kappa shape index (κ2) is 5.52. The van der Waals surface area contributed by atoms with Gasteiger partial charge in [-0.1, -0.05) is 32.3 Å². The molecule has 14 heavy (non-hydrogen) atoms. The molecule has 2 heteroatoms.